The fraction of sp³-hybridized carbons (Fsp3) is 0.0526. The van der Waals surface area contributed by atoms with Gasteiger partial charge in [0.05, 0.1) is 0 Å². The van der Waals surface area contributed by atoms with Crippen LogP contribution in [-0.2, 0) is 4.79 Å². The highest BCUT2D eigenvalue weighted by molar-refractivity contribution is 6.30. The number of carbonyl (C=O) groups excluding carboxylic acids is 2. The second-order valence-electron chi connectivity index (χ2n) is 5.64. The maximum absolute atomic E-state index is 12.4. The third-order valence-electron chi connectivity index (χ3n) is 3.44. The van der Waals surface area contributed by atoms with E-state index in [9.17, 15) is 9.59 Å². The van der Waals surface area contributed by atoms with E-state index in [1.54, 1.807) is 42.5 Å². The Morgan fingerprint density at radius 2 is 1.59 bits per heavy atom. The van der Waals surface area contributed by atoms with Crippen molar-refractivity contribution in [3.63, 3.8) is 0 Å². The third kappa shape index (κ3) is 5.26. The maximum Gasteiger partial charge on any atom is 0.274 e. The summed E-state index contributed by atoms with van der Waals surface area (Å²) >= 11 is 5.92. The zero-order valence-corrected chi connectivity index (χ0v) is 15.1. The number of aromatic nitrogens is 2. The lowest BCUT2D eigenvalue weighted by Gasteiger charge is -2.09. The van der Waals surface area contributed by atoms with Gasteiger partial charge in [-0.25, -0.2) is 9.97 Å². The van der Waals surface area contributed by atoms with Gasteiger partial charge in [0, 0.05) is 35.1 Å². The molecule has 0 radical (unpaired) electrons. The van der Waals surface area contributed by atoms with E-state index in [-0.39, 0.29) is 17.5 Å². The molecule has 0 fully saturated rings. The first-order valence-electron chi connectivity index (χ1n) is 8.03. The second kappa shape index (κ2) is 8.29. The molecule has 2 amide bonds. The third-order valence-corrected chi connectivity index (χ3v) is 3.67. The van der Waals surface area contributed by atoms with E-state index in [0.29, 0.717) is 27.9 Å². The van der Waals surface area contributed by atoms with E-state index in [2.05, 4.69) is 25.9 Å². The van der Waals surface area contributed by atoms with Gasteiger partial charge in [0.25, 0.3) is 5.91 Å². The molecule has 2 aromatic carbocycles. The van der Waals surface area contributed by atoms with Crippen molar-refractivity contribution in [3.8, 4) is 0 Å². The predicted molar refractivity (Wildman–Crippen MR) is 105 cm³/mol. The van der Waals surface area contributed by atoms with Crippen molar-refractivity contribution in [2.24, 2.45) is 0 Å². The van der Waals surface area contributed by atoms with Crippen molar-refractivity contribution < 1.29 is 9.59 Å². The van der Waals surface area contributed by atoms with Crippen molar-refractivity contribution in [3.05, 3.63) is 71.6 Å². The minimum atomic E-state index is -0.380. The fourth-order valence-corrected chi connectivity index (χ4v) is 2.53. The number of hydrogen-bond donors (Lipinski definition) is 3. The van der Waals surface area contributed by atoms with Crippen LogP contribution in [0, 0.1) is 0 Å². The van der Waals surface area contributed by atoms with Gasteiger partial charge in [-0.05, 0) is 36.4 Å². The molecule has 7 nitrogen and oxygen atoms in total. The summed E-state index contributed by atoms with van der Waals surface area (Å²) in [5, 5.41) is 9.04. The molecule has 0 spiro atoms. The fourth-order valence-electron chi connectivity index (χ4n) is 2.34. The van der Waals surface area contributed by atoms with Crippen molar-refractivity contribution in [1.29, 1.82) is 0 Å². The summed E-state index contributed by atoms with van der Waals surface area (Å²) in [6.07, 6.45) is 1.30. The standard InChI is InChI=1S/C19H16ClN5O2/c1-12(26)23-15-6-3-7-16(9-15)24-18-10-17(21-11-22-18)19(27)25-14-5-2-4-13(20)8-14/h2-11H,1H3,(H,23,26)(H,25,27)(H,21,22,24). The van der Waals surface area contributed by atoms with E-state index in [1.807, 2.05) is 6.07 Å². The van der Waals surface area contributed by atoms with Crippen molar-refractivity contribution in [2.75, 3.05) is 16.0 Å². The summed E-state index contributed by atoms with van der Waals surface area (Å²) < 4.78 is 0. The quantitative estimate of drug-likeness (QED) is 0.618. The zero-order valence-electron chi connectivity index (χ0n) is 14.4. The maximum atomic E-state index is 12.4. The Kier molecular flexibility index (Phi) is 5.63. The van der Waals surface area contributed by atoms with Crippen LogP contribution in [0.4, 0.5) is 22.9 Å². The first-order chi connectivity index (χ1) is 13.0. The lowest BCUT2D eigenvalue weighted by molar-refractivity contribution is -0.114. The average molecular weight is 382 g/mol. The molecule has 0 aliphatic carbocycles. The first-order valence-corrected chi connectivity index (χ1v) is 8.41. The smallest absolute Gasteiger partial charge is 0.274 e. The molecule has 1 heterocycles. The summed E-state index contributed by atoms with van der Waals surface area (Å²) in [5.74, 6) is -0.0925. The van der Waals surface area contributed by atoms with Gasteiger partial charge >= 0.3 is 0 Å². The summed E-state index contributed by atoms with van der Waals surface area (Å²) in [6.45, 7) is 1.44. The number of amides is 2. The molecule has 3 N–H and O–H groups in total. The lowest BCUT2D eigenvalue weighted by Crippen LogP contribution is -2.14. The highest BCUT2D eigenvalue weighted by Gasteiger charge is 2.10. The topological polar surface area (TPSA) is 96.0 Å². The minimum absolute atomic E-state index is 0.158. The Morgan fingerprint density at radius 1 is 0.889 bits per heavy atom. The summed E-state index contributed by atoms with van der Waals surface area (Å²) in [6, 6.07) is 15.5. The molecule has 0 aliphatic rings. The largest absolute Gasteiger partial charge is 0.340 e. The first kappa shape index (κ1) is 18.3. The van der Waals surface area contributed by atoms with Gasteiger partial charge in [-0.2, -0.15) is 0 Å². The Morgan fingerprint density at radius 3 is 2.33 bits per heavy atom. The summed E-state index contributed by atoms with van der Waals surface area (Å²) in [4.78, 5) is 31.7. The number of halogens is 1. The number of nitrogens with one attached hydrogen (secondary N) is 3. The molecule has 0 unspecified atom stereocenters. The summed E-state index contributed by atoms with van der Waals surface area (Å²) in [7, 11) is 0. The molecule has 1 aromatic heterocycles. The lowest BCUT2D eigenvalue weighted by atomic mass is 10.2. The van der Waals surface area contributed by atoms with Gasteiger partial charge in [-0.15, -0.1) is 0 Å². The number of hydrogen-bond acceptors (Lipinski definition) is 5. The van der Waals surface area contributed by atoms with E-state index in [1.165, 1.54) is 19.3 Å². The van der Waals surface area contributed by atoms with Crippen LogP contribution in [-0.4, -0.2) is 21.8 Å². The molecule has 0 bridgehead atoms. The molecule has 136 valence electrons. The van der Waals surface area contributed by atoms with Crippen LogP contribution >= 0.6 is 11.6 Å². The van der Waals surface area contributed by atoms with Crippen molar-refractivity contribution in [1.82, 2.24) is 9.97 Å². The molecule has 3 rings (SSSR count). The number of carbonyl (C=O) groups is 2. The van der Waals surface area contributed by atoms with Crippen LogP contribution in [0.5, 0.6) is 0 Å². The highest BCUT2D eigenvalue weighted by atomic mass is 35.5. The van der Waals surface area contributed by atoms with Gasteiger partial charge in [-0.3, -0.25) is 9.59 Å². The molecule has 27 heavy (non-hydrogen) atoms. The van der Waals surface area contributed by atoms with E-state index >= 15 is 0 Å². The van der Waals surface area contributed by atoms with E-state index in [4.69, 9.17) is 11.6 Å². The Hall–Kier alpha value is -3.45. The van der Waals surface area contributed by atoms with Gasteiger partial charge < -0.3 is 16.0 Å². The summed E-state index contributed by atoms with van der Waals surface area (Å²) in [5.41, 5.74) is 2.13. The van der Waals surface area contributed by atoms with Gasteiger partial charge in [0.15, 0.2) is 0 Å². The number of anilines is 4. The number of benzene rings is 2. The van der Waals surface area contributed by atoms with E-state index < -0.39 is 0 Å². The Labute approximate surface area is 160 Å². The van der Waals surface area contributed by atoms with Gasteiger partial charge in [-0.1, -0.05) is 23.7 Å². The normalized spacial score (nSPS) is 10.1. The Balaban J connectivity index is 1.73. The zero-order chi connectivity index (χ0) is 19.2. The molecule has 3 aromatic rings. The van der Waals surface area contributed by atoms with Gasteiger partial charge in [0.2, 0.25) is 5.91 Å². The minimum Gasteiger partial charge on any atom is -0.340 e. The van der Waals surface area contributed by atoms with Crippen molar-refractivity contribution >= 4 is 46.3 Å². The monoisotopic (exact) mass is 381 g/mol. The van der Waals surface area contributed by atoms with Crippen molar-refractivity contribution in [2.45, 2.75) is 6.92 Å². The van der Waals surface area contributed by atoms with Crippen LogP contribution in [0.2, 0.25) is 5.02 Å². The molecule has 0 atom stereocenters. The molecular formula is C19H16ClN5O2. The number of rotatable bonds is 5. The van der Waals surface area contributed by atoms with E-state index in [0.717, 1.165) is 0 Å². The van der Waals surface area contributed by atoms with Crippen LogP contribution < -0.4 is 16.0 Å². The second-order valence-corrected chi connectivity index (χ2v) is 6.08. The molecule has 0 saturated heterocycles. The SMILES string of the molecule is CC(=O)Nc1cccc(Nc2cc(C(=O)Nc3cccc(Cl)c3)ncn2)c1. The van der Waals surface area contributed by atoms with Crippen LogP contribution in [0.15, 0.2) is 60.9 Å². The molecule has 8 heteroatoms. The predicted octanol–water partition coefficient (Wildman–Crippen LogP) is 4.08. The van der Waals surface area contributed by atoms with Gasteiger partial charge in [0.1, 0.15) is 17.8 Å². The molecule has 0 saturated carbocycles. The highest BCUT2D eigenvalue weighted by Crippen LogP contribution is 2.20. The van der Waals surface area contributed by atoms with Crippen LogP contribution in [0.3, 0.4) is 0 Å². The average Bonchev–Trinajstić information content (AvgIpc) is 2.62. The van der Waals surface area contributed by atoms with Crippen LogP contribution in [0.25, 0.3) is 0 Å². The number of nitrogens with zero attached hydrogens (tertiary/aromatic N) is 2. The van der Waals surface area contributed by atoms with Crippen LogP contribution in [0.1, 0.15) is 17.4 Å². The Bertz CT molecular complexity index is 993. The molecular weight excluding hydrogens is 366 g/mol. The molecule has 0 aliphatic heterocycles.